The lowest BCUT2D eigenvalue weighted by atomic mass is 10.1. The van der Waals surface area contributed by atoms with Crippen molar-refractivity contribution in [3.63, 3.8) is 0 Å². The number of aromatic nitrogens is 3. The second kappa shape index (κ2) is 8.66. The summed E-state index contributed by atoms with van der Waals surface area (Å²) in [7, 11) is 0. The van der Waals surface area contributed by atoms with Crippen LogP contribution in [0.3, 0.4) is 0 Å². The summed E-state index contributed by atoms with van der Waals surface area (Å²) in [6.45, 7) is 7.09. The zero-order chi connectivity index (χ0) is 22.7. The lowest BCUT2D eigenvalue weighted by Gasteiger charge is -2.12. The van der Waals surface area contributed by atoms with Crippen molar-refractivity contribution in [3.05, 3.63) is 80.7 Å². The number of carbonyl (C=O) groups excluding carboxylic acids is 2. The number of nitrogens with zero attached hydrogens (tertiary/aromatic N) is 4. The molecule has 3 rings (SSSR count). The summed E-state index contributed by atoms with van der Waals surface area (Å²) >= 11 is 0. The minimum Gasteiger partial charge on any atom is -0.320 e. The van der Waals surface area contributed by atoms with Crippen molar-refractivity contribution < 1.29 is 14.5 Å². The normalized spacial score (nSPS) is 10.5. The van der Waals surface area contributed by atoms with Crippen LogP contribution in [0.25, 0.3) is 0 Å². The number of hydrogen-bond donors (Lipinski definition) is 2. The minimum absolute atomic E-state index is 0.252. The Morgan fingerprint density at radius 3 is 1.45 bits per heavy atom. The van der Waals surface area contributed by atoms with Crippen molar-refractivity contribution in [3.8, 4) is 0 Å². The first-order valence-corrected chi connectivity index (χ1v) is 9.29. The number of carbonyl (C=O) groups is 2. The van der Waals surface area contributed by atoms with Crippen molar-refractivity contribution >= 4 is 28.9 Å². The third-order valence-electron chi connectivity index (χ3n) is 4.61. The summed E-state index contributed by atoms with van der Waals surface area (Å²) in [6.07, 6.45) is 6.34. The Kier molecular flexibility index (Phi) is 6.00. The van der Waals surface area contributed by atoms with Crippen molar-refractivity contribution in [2.75, 3.05) is 10.6 Å². The van der Waals surface area contributed by atoms with Gasteiger partial charge < -0.3 is 10.6 Å². The van der Waals surface area contributed by atoms with E-state index in [-0.39, 0.29) is 11.4 Å². The Labute approximate surface area is 177 Å². The number of nitrogens with one attached hydrogen (secondary N) is 2. The summed E-state index contributed by atoms with van der Waals surface area (Å²) in [5, 5.41) is 16.8. The fourth-order valence-electron chi connectivity index (χ4n) is 3.01. The molecule has 0 aliphatic heterocycles. The fraction of sp³-hybridized carbons (Fsp3) is 0.190. The van der Waals surface area contributed by atoms with Crippen LogP contribution in [0.1, 0.15) is 43.2 Å². The monoisotopic (exact) mass is 420 g/mol. The van der Waals surface area contributed by atoms with Crippen LogP contribution in [-0.4, -0.2) is 31.7 Å². The van der Waals surface area contributed by atoms with Crippen LogP contribution in [0.4, 0.5) is 17.1 Å². The Hall–Kier alpha value is -4.21. The van der Waals surface area contributed by atoms with E-state index >= 15 is 0 Å². The predicted octanol–water partition coefficient (Wildman–Crippen LogP) is 3.52. The summed E-state index contributed by atoms with van der Waals surface area (Å²) in [4.78, 5) is 48.4. The molecule has 10 nitrogen and oxygen atoms in total. The third-order valence-corrected chi connectivity index (χ3v) is 4.61. The molecule has 0 radical (unpaired) electrons. The van der Waals surface area contributed by atoms with Crippen LogP contribution in [-0.2, 0) is 0 Å². The highest BCUT2D eigenvalue weighted by Gasteiger charge is 2.21. The minimum atomic E-state index is -0.679. The topological polar surface area (TPSA) is 140 Å². The summed E-state index contributed by atoms with van der Waals surface area (Å²) in [5.41, 5.74) is 3.03. The molecule has 0 bridgehead atoms. The summed E-state index contributed by atoms with van der Waals surface area (Å²) in [5.74, 6) is -1.35. The van der Waals surface area contributed by atoms with Gasteiger partial charge >= 0.3 is 0 Å². The van der Waals surface area contributed by atoms with Crippen LogP contribution in [0.2, 0.25) is 0 Å². The molecule has 158 valence electrons. The number of rotatable bonds is 5. The molecule has 2 amide bonds. The van der Waals surface area contributed by atoms with E-state index in [9.17, 15) is 19.7 Å². The molecule has 31 heavy (non-hydrogen) atoms. The molecule has 2 N–H and O–H groups in total. The van der Waals surface area contributed by atoms with Crippen molar-refractivity contribution in [1.29, 1.82) is 0 Å². The van der Waals surface area contributed by atoms with Gasteiger partial charge in [-0.1, -0.05) is 0 Å². The molecule has 3 aromatic rings. The molecule has 0 aliphatic carbocycles. The highest BCUT2D eigenvalue weighted by Crippen LogP contribution is 2.22. The maximum atomic E-state index is 12.8. The van der Waals surface area contributed by atoms with Crippen LogP contribution in [0.15, 0.2) is 36.9 Å². The van der Waals surface area contributed by atoms with E-state index in [0.29, 0.717) is 11.4 Å². The molecule has 3 heterocycles. The van der Waals surface area contributed by atoms with Crippen LogP contribution in [0, 0.1) is 37.8 Å². The molecular weight excluding hydrogens is 400 g/mol. The first-order valence-electron chi connectivity index (χ1n) is 9.29. The Morgan fingerprint density at radius 1 is 0.774 bits per heavy atom. The standard InChI is InChI=1S/C21H20N6O4/c1-11-7-22-8-12(2)18(11)25-20(28)16-5-15(27(30)31)6-17(24-16)21(29)26-19-13(3)9-23-10-14(19)4/h5-10H,1-4H3,(H,22,25,28)(H,23,26,29). The number of hydrogen-bond acceptors (Lipinski definition) is 7. The zero-order valence-electron chi connectivity index (χ0n) is 17.4. The largest absolute Gasteiger partial charge is 0.320 e. The van der Waals surface area contributed by atoms with Gasteiger partial charge in [0.05, 0.1) is 4.92 Å². The van der Waals surface area contributed by atoms with E-state index in [1.165, 1.54) is 0 Å². The highest BCUT2D eigenvalue weighted by molar-refractivity contribution is 6.07. The number of aryl methyl sites for hydroxylation is 4. The maximum absolute atomic E-state index is 12.8. The molecule has 10 heteroatoms. The molecule has 0 aliphatic rings. The molecule has 3 aromatic heterocycles. The van der Waals surface area contributed by atoms with E-state index in [1.807, 2.05) is 0 Å². The average molecular weight is 420 g/mol. The molecule has 0 saturated carbocycles. The molecular formula is C21H20N6O4. The third kappa shape index (κ3) is 4.69. The lowest BCUT2D eigenvalue weighted by molar-refractivity contribution is -0.385. The van der Waals surface area contributed by atoms with Gasteiger partial charge in [-0.25, -0.2) is 4.98 Å². The first-order chi connectivity index (χ1) is 14.7. The van der Waals surface area contributed by atoms with E-state index in [2.05, 4.69) is 25.6 Å². The smallest absolute Gasteiger partial charge is 0.274 e. The Bertz CT molecular complexity index is 1080. The van der Waals surface area contributed by atoms with Crippen LogP contribution in [0.5, 0.6) is 0 Å². The maximum Gasteiger partial charge on any atom is 0.274 e. The van der Waals surface area contributed by atoms with Gasteiger partial charge in [-0.15, -0.1) is 0 Å². The van der Waals surface area contributed by atoms with E-state index < -0.39 is 22.4 Å². The molecule has 0 saturated heterocycles. The SMILES string of the molecule is Cc1cncc(C)c1NC(=O)c1cc([N+](=O)[O-])cc(C(=O)Nc2c(C)cncc2C)n1. The zero-order valence-corrected chi connectivity index (χ0v) is 17.4. The van der Waals surface area contributed by atoms with Gasteiger partial charge in [-0.05, 0) is 49.9 Å². The van der Waals surface area contributed by atoms with Crippen LogP contribution < -0.4 is 10.6 Å². The number of pyridine rings is 3. The molecule has 0 fully saturated rings. The lowest BCUT2D eigenvalue weighted by Crippen LogP contribution is -2.20. The van der Waals surface area contributed by atoms with E-state index in [4.69, 9.17) is 0 Å². The van der Waals surface area contributed by atoms with Gasteiger partial charge in [0.1, 0.15) is 11.4 Å². The predicted molar refractivity (Wildman–Crippen MR) is 114 cm³/mol. The Morgan fingerprint density at radius 2 is 1.13 bits per heavy atom. The van der Waals surface area contributed by atoms with Gasteiger partial charge in [0.15, 0.2) is 0 Å². The average Bonchev–Trinajstić information content (AvgIpc) is 2.73. The summed E-state index contributed by atoms with van der Waals surface area (Å²) < 4.78 is 0. The quantitative estimate of drug-likeness (QED) is 0.475. The second-order valence-corrected chi connectivity index (χ2v) is 7.06. The van der Waals surface area contributed by atoms with E-state index in [0.717, 1.165) is 34.4 Å². The van der Waals surface area contributed by atoms with Crippen LogP contribution >= 0.6 is 0 Å². The van der Waals surface area contributed by atoms with Gasteiger partial charge in [0.25, 0.3) is 17.5 Å². The number of anilines is 2. The fourth-order valence-corrected chi connectivity index (χ4v) is 3.01. The molecule has 0 aromatic carbocycles. The second-order valence-electron chi connectivity index (χ2n) is 7.06. The highest BCUT2D eigenvalue weighted by atomic mass is 16.6. The van der Waals surface area contributed by atoms with Gasteiger partial charge in [0.2, 0.25) is 0 Å². The first kappa shape index (κ1) is 21.5. The van der Waals surface area contributed by atoms with E-state index in [1.54, 1.807) is 52.5 Å². The number of nitro groups is 1. The molecule has 0 unspecified atom stereocenters. The summed E-state index contributed by atoms with van der Waals surface area (Å²) in [6, 6.07) is 2.06. The van der Waals surface area contributed by atoms with Gasteiger partial charge in [0, 0.05) is 48.3 Å². The number of amides is 2. The van der Waals surface area contributed by atoms with Gasteiger partial charge in [-0.2, -0.15) is 0 Å². The van der Waals surface area contributed by atoms with Crippen molar-refractivity contribution in [2.45, 2.75) is 27.7 Å². The molecule has 0 atom stereocenters. The van der Waals surface area contributed by atoms with Crippen molar-refractivity contribution in [2.24, 2.45) is 0 Å². The molecule has 0 spiro atoms. The Balaban J connectivity index is 1.96. The van der Waals surface area contributed by atoms with Crippen molar-refractivity contribution in [1.82, 2.24) is 15.0 Å². The van der Waals surface area contributed by atoms with Gasteiger partial charge in [-0.3, -0.25) is 29.7 Å².